The molecule has 1 aromatic rings. The topological polar surface area (TPSA) is 55.8 Å². The van der Waals surface area contributed by atoms with Crippen LogP contribution in [0.3, 0.4) is 0 Å². The SMILES string of the molecule is COC(=O)c1ccc(CN2CCC(C(=O)OC)C2)cc1. The Kier molecular flexibility index (Phi) is 4.74. The van der Waals surface area contributed by atoms with Gasteiger partial charge in [-0.2, -0.15) is 0 Å². The van der Waals surface area contributed by atoms with Crippen LogP contribution in [0.5, 0.6) is 0 Å². The first-order valence-corrected chi connectivity index (χ1v) is 6.61. The van der Waals surface area contributed by atoms with Gasteiger partial charge in [-0.15, -0.1) is 0 Å². The summed E-state index contributed by atoms with van der Waals surface area (Å²) in [5.41, 5.74) is 1.66. The second-order valence-corrected chi connectivity index (χ2v) is 4.93. The molecular weight excluding hydrogens is 258 g/mol. The number of carbonyl (C=O) groups is 2. The minimum atomic E-state index is -0.330. The van der Waals surface area contributed by atoms with Crippen molar-refractivity contribution in [3.8, 4) is 0 Å². The minimum absolute atomic E-state index is 0.0191. The minimum Gasteiger partial charge on any atom is -0.469 e. The molecule has 0 amide bonds. The van der Waals surface area contributed by atoms with Crippen LogP contribution in [0.15, 0.2) is 24.3 Å². The summed E-state index contributed by atoms with van der Waals surface area (Å²) in [5.74, 6) is -0.480. The summed E-state index contributed by atoms with van der Waals surface area (Å²) < 4.78 is 9.43. The number of nitrogens with zero attached hydrogens (tertiary/aromatic N) is 1. The first-order valence-electron chi connectivity index (χ1n) is 6.61. The lowest BCUT2D eigenvalue weighted by Gasteiger charge is -2.15. The van der Waals surface area contributed by atoms with E-state index in [4.69, 9.17) is 4.74 Å². The summed E-state index contributed by atoms with van der Waals surface area (Å²) in [5, 5.41) is 0. The fourth-order valence-electron chi connectivity index (χ4n) is 2.46. The number of likely N-dealkylation sites (tertiary alicyclic amines) is 1. The van der Waals surface area contributed by atoms with E-state index < -0.39 is 0 Å². The van der Waals surface area contributed by atoms with E-state index in [0.717, 1.165) is 31.6 Å². The molecule has 0 spiro atoms. The maximum absolute atomic E-state index is 11.5. The summed E-state index contributed by atoms with van der Waals surface area (Å²) in [4.78, 5) is 25.0. The molecule has 1 saturated heterocycles. The molecule has 5 heteroatoms. The zero-order chi connectivity index (χ0) is 14.5. The highest BCUT2D eigenvalue weighted by atomic mass is 16.5. The van der Waals surface area contributed by atoms with Gasteiger partial charge in [-0.3, -0.25) is 9.69 Å². The molecule has 1 atom stereocenters. The molecule has 1 fully saturated rings. The van der Waals surface area contributed by atoms with E-state index in [9.17, 15) is 9.59 Å². The Balaban J connectivity index is 1.91. The molecule has 1 aliphatic rings. The average Bonchev–Trinajstić information content (AvgIpc) is 2.95. The second-order valence-electron chi connectivity index (χ2n) is 4.93. The Hall–Kier alpha value is -1.88. The number of carbonyl (C=O) groups excluding carboxylic acids is 2. The van der Waals surface area contributed by atoms with Crippen LogP contribution in [0.25, 0.3) is 0 Å². The van der Waals surface area contributed by atoms with Gasteiger partial charge in [0.15, 0.2) is 0 Å². The first-order chi connectivity index (χ1) is 9.63. The highest BCUT2D eigenvalue weighted by Crippen LogP contribution is 2.20. The van der Waals surface area contributed by atoms with Gasteiger partial charge in [-0.25, -0.2) is 4.79 Å². The maximum Gasteiger partial charge on any atom is 0.337 e. The third-order valence-corrected chi connectivity index (χ3v) is 3.59. The van der Waals surface area contributed by atoms with Crippen molar-refractivity contribution in [3.63, 3.8) is 0 Å². The van der Waals surface area contributed by atoms with E-state index in [1.807, 2.05) is 12.1 Å². The number of esters is 2. The fraction of sp³-hybridized carbons (Fsp3) is 0.467. The van der Waals surface area contributed by atoms with E-state index in [1.54, 1.807) is 12.1 Å². The zero-order valence-corrected chi connectivity index (χ0v) is 11.8. The average molecular weight is 277 g/mol. The van der Waals surface area contributed by atoms with Crippen molar-refractivity contribution >= 4 is 11.9 Å². The molecule has 5 nitrogen and oxygen atoms in total. The number of methoxy groups -OCH3 is 2. The van der Waals surface area contributed by atoms with Gasteiger partial charge in [0.05, 0.1) is 25.7 Å². The van der Waals surface area contributed by atoms with Gasteiger partial charge in [0.25, 0.3) is 0 Å². The molecular formula is C15H19NO4. The molecule has 0 aliphatic carbocycles. The van der Waals surface area contributed by atoms with Crippen LogP contribution in [0.2, 0.25) is 0 Å². The van der Waals surface area contributed by atoms with Crippen molar-refractivity contribution in [1.82, 2.24) is 4.90 Å². The molecule has 0 saturated carbocycles. The van der Waals surface area contributed by atoms with Crippen LogP contribution >= 0.6 is 0 Å². The van der Waals surface area contributed by atoms with Crippen molar-refractivity contribution in [1.29, 1.82) is 0 Å². The van der Waals surface area contributed by atoms with Gasteiger partial charge in [0.1, 0.15) is 0 Å². The van der Waals surface area contributed by atoms with Gasteiger partial charge in [0, 0.05) is 13.1 Å². The molecule has 0 bridgehead atoms. The van der Waals surface area contributed by atoms with E-state index >= 15 is 0 Å². The lowest BCUT2D eigenvalue weighted by atomic mass is 10.1. The van der Waals surface area contributed by atoms with Gasteiger partial charge in [-0.05, 0) is 30.7 Å². The van der Waals surface area contributed by atoms with E-state index in [-0.39, 0.29) is 17.9 Å². The van der Waals surface area contributed by atoms with Crippen molar-refractivity contribution in [2.45, 2.75) is 13.0 Å². The van der Waals surface area contributed by atoms with Crippen molar-refractivity contribution < 1.29 is 19.1 Å². The number of benzene rings is 1. The third-order valence-electron chi connectivity index (χ3n) is 3.59. The Bertz CT molecular complexity index is 483. The molecule has 0 radical (unpaired) electrons. The molecule has 1 heterocycles. The highest BCUT2D eigenvalue weighted by molar-refractivity contribution is 5.89. The molecule has 1 aromatic carbocycles. The molecule has 0 aromatic heterocycles. The smallest absolute Gasteiger partial charge is 0.337 e. The Morgan fingerprint density at radius 2 is 1.90 bits per heavy atom. The summed E-state index contributed by atoms with van der Waals surface area (Å²) in [6, 6.07) is 7.35. The van der Waals surface area contributed by atoms with Gasteiger partial charge >= 0.3 is 11.9 Å². The van der Waals surface area contributed by atoms with Crippen molar-refractivity contribution in [3.05, 3.63) is 35.4 Å². The number of hydrogen-bond donors (Lipinski definition) is 0. The molecule has 108 valence electrons. The summed E-state index contributed by atoms with van der Waals surface area (Å²) in [6.07, 6.45) is 0.840. The second kappa shape index (κ2) is 6.52. The maximum atomic E-state index is 11.5. The molecule has 1 unspecified atom stereocenters. The molecule has 1 aliphatic heterocycles. The lowest BCUT2D eigenvalue weighted by molar-refractivity contribution is -0.144. The lowest BCUT2D eigenvalue weighted by Crippen LogP contribution is -2.23. The molecule has 20 heavy (non-hydrogen) atoms. The number of rotatable bonds is 4. The third kappa shape index (κ3) is 3.36. The Labute approximate surface area is 118 Å². The van der Waals surface area contributed by atoms with E-state index in [0.29, 0.717) is 5.56 Å². The largest absolute Gasteiger partial charge is 0.469 e. The predicted octanol–water partition coefficient (Wildman–Crippen LogP) is 1.47. The zero-order valence-electron chi connectivity index (χ0n) is 11.8. The van der Waals surface area contributed by atoms with Crippen LogP contribution in [0.1, 0.15) is 22.3 Å². The standard InChI is InChI=1S/C15H19NO4/c1-19-14(17)12-5-3-11(4-6-12)9-16-8-7-13(10-16)15(18)20-2/h3-6,13H,7-10H2,1-2H3. The Morgan fingerprint density at radius 1 is 1.20 bits per heavy atom. The molecule has 0 N–H and O–H groups in total. The van der Waals surface area contributed by atoms with Crippen LogP contribution in [-0.4, -0.2) is 44.1 Å². The van der Waals surface area contributed by atoms with Gasteiger partial charge in [-0.1, -0.05) is 12.1 Å². The monoisotopic (exact) mass is 277 g/mol. The number of hydrogen-bond acceptors (Lipinski definition) is 5. The van der Waals surface area contributed by atoms with Crippen LogP contribution in [-0.2, 0) is 20.8 Å². The van der Waals surface area contributed by atoms with Crippen molar-refractivity contribution in [2.75, 3.05) is 27.3 Å². The first kappa shape index (κ1) is 14.5. The summed E-state index contributed by atoms with van der Waals surface area (Å²) in [6.45, 7) is 2.39. The summed E-state index contributed by atoms with van der Waals surface area (Å²) >= 11 is 0. The van der Waals surface area contributed by atoms with Crippen molar-refractivity contribution in [2.24, 2.45) is 5.92 Å². The van der Waals surface area contributed by atoms with Gasteiger partial charge in [0.2, 0.25) is 0 Å². The quantitative estimate of drug-likeness (QED) is 0.780. The van der Waals surface area contributed by atoms with Crippen LogP contribution < -0.4 is 0 Å². The summed E-state index contributed by atoms with van der Waals surface area (Å²) in [7, 11) is 2.80. The normalized spacial score (nSPS) is 18.8. The van der Waals surface area contributed by atoms with E-state index in [2.05, 4.69) is 9.64 Å². The van der Waals surface area contributed by atoms with Gasteiger partial charge < -0.3 is 9.47 Å². The van der Waals surface area contributed by atoms with Crippen LogP contribution in [0.4, 0.5) is 0 Å². The predicted molar refractivity (Wildman–Crippen MR) is 73.2 cm³/mol. The van der Waals surface area contributed by atoms with Crippen LogP contribution in [0, 0.1) is 5.92 Å². The van der Waals surface area contributed by atoms with E-state index in [1.165, 1.54) is 14.2 Å². The fourth-order valence-corrected chi connectivity index (χ4v) is 2.46. The highest BCUT2D eigenvalue weighted by Gasteiger charge is 2.28. The number of ether oxygens (including phenoxy) is 2. The Morgan fingerprint density at radius 3 is 2.50 bits per heavy atom. The molecule has 2 rings (SSSR count).